The highest BCUT2D eigenvalue weighted by Gasteiger charge is 2.23. The van der Waals surface area contributed by atoms with Crippen molar-refractivity contribution in [1.82, 2.24) is 15.5 Å². The second-order valence-electron chi connectivity index (χ2n) is 7.71. The molecule has 2 aromatic rings. The lowest BCUT2D eigenvalue weighted by molar-refractivity contribution is 0.258. The van der Waals surface area contributed by atoms with Gasteiger partial charge in [0.25, 0.3) is 0 Å². The first-order chi connectivity index (χ1) is 13.8. The first-order valence-corrected chi connectivity index (χ1v) is 10.4. The highest BCUT2D eigenvalue weighted by molar-refractivity contribution is 14.0. The van der Waals surface area contributed by atoms with Crippen LogP contribution in [0.2, 0.25) is 0 Å². The van der Waals surface area contributed by atoms with Crippen LogP contribution in [0.4, 0.5) is 5.69 Å². The molecule has 0 aliphatic carbocycles. The van der Waals surface area contributed by atoms with Gasteiger partial charge in [-0.25, -0.2) is 0 Å². The Bertz CT molecular complexity index is 795. The van der Waals surface area contributed by atoms with E-state index in [0.717, 1.165) is 58.1 Å². The summed E-state index contributed by atoms with van der Waals surface area (Å²) in [6.45, 7) is 6.25. The fourth-order valence-corrected chi connectivity index (χ4v) is 4.22. The van der Waals surface area contributed by atoms with Crippen molar-refractivity contribution in [2.45, 2.75) is 25.4 Å². The second-order valence-corrected chi connectivity index (χ2v) is 7.71. The van der Waals surface area contributed by atoms with E-state index in [-0.39, 0.29) is 24.0 Å². The molecule has 0 saturated carbocycles. The van der Waals surface area contributed by atoms with Crippen molar-refractivity contribution in [3.8, 4) is 0 Å². The van der Waals surface area contributed by atoms with E-state index in [0.29, 0.717) is 6.04 Å². The molecule has 0 amide bonds. The lowest BCUT2D eigenvalue weighted by Gasteiger charge is -2.29. The average Bonchev–Trinajstić information content (AvgIpc) is 3.22. The number of para-hydroxylation sites is 1. The summed E-state index contributed by atoms with van der Waals surface area (Å²) in [7, 11) is 1.86. The summed E-state index contributed by atoms with van der Waals surface area (Å²) in [6, 6.07) is 19.9. The van der Waals surface area contributed by atoms with Crippen molar-refractivity contribution in [3.63, 3.8) is 0 Å². The zero-order chi connectivity index (χ0) is 19.2. The van der Waals surface area contributed by atoms with Crippen molar-refractivity contribution in [2.24, 2.45) is 4.99 Å². The molecule has 1 atom stereocenters. The van der Waals surface area contributed by atoms with E-state index in [4.69, 9.17) is 0 Å². The van der Waals surface area contributed by atoms with Crippen LogP contribution >= 0.6 is 24.0 Å². The maximum atomic E-state index is 4.43. The third-order valence-corrected chi connectivity index (χ3v) is 5.80. The molecule has 29 heavy (non-hydrogen) atoms. The molecular weight excluding hydrogens is 473 g/mol. The van der Waals surface area contributed by atoms with Crippen molar-refractivity contribution < 1.29 is 0 Å². The van der Waals surface area contributed by atoms with E-state index in [9.17, 15) is 0 Å². The van der Waals surface area contributed by atoms with Gasteiger partial charge in [0.2, 0.25) is 0 Å². The average molecular weight is 505 g/mol. The lowest BCUT2D eigenvalue weighted by atomic mass is 10.00. The predicted molar refractivity (Wildman–Crippen MR) is 132 cm³/mol. The molecule has 0 aromatic heterocycles. The van der Waals surface area contributed by atoms with Crippen LogP contribution < -0.4 is 15.5 Å². The summed E-state index contributed by atoms with van der Waals surface area (Å²) < 4.78 is 0. The van der Waals surface area contributed by atoms with Crippen LogP contribution in [0.1, 0.15) is 17.5 Å². The Morgan fingerprint density at radius 1 is 1.03 bits per heavy atom. The summed E-state index contributed by atoms with van der Waals surface area (Å²) in [5.41, 5.74) is 4.29. The molecule has 2 aliphatic heterocycles. The zero-order valence-corrected chi connectivity index (χ0v) is 19.5. The van der Waals surface area contributed by atoms with E-state index >= 15 is 0 Å². The fraction of sp³-hybridized carbons (Fsp3) is 0.435. The number of nitrogens with zero attached hydrogens (tertiary/aromatic N) is 3. The Morgan fingerprint density at radius 3 is 2.59 bits per heavy atom. The van der Waals surface area contributed by atoms with Crippen molar-refractivity contribution in [2.75, 3.05) is 44.7 Å². The summed E-state index contributed by atoms with van der Waals surface area (Å²) in [6.07, 6.45) is 2.29. The van der Waals surface area contributed by atoms with Crippen LogP contribution in [-0.2, 0) is 13.0 Å². The Balaban J connectivity index is 0.00000240. The van der Waals surface area contributed by atoms with E-state index in [2.05, 4.69) is 80.0 Å². The third kappa shape index (κ3) is 5.85. The Kier molecular flexibility index (Phi) is 8.18. The molecule has 2 aromatic carbocycles. The van der Waals surface area contributed by atoms with Gasteiger partial charge in [0.15, 0.2) is 5.96 Å². The summed E-state index contributed by atoms with van der Waals surface area (Å²) in [4.78, 5) is 9.39. The van der Waals surface area contributed by atoms with Gasteiger partial charge < -0.3 is 15.5 Å². The monoisotopic (exact) mass is 505 g/mol. The lowest BCUT2D eigenvalue weighted by Crippen LogP contribution is -2.47. The molecule has 2 N–H and O–H groups in total. The number of aliphatic imine (C=N–C) groups is 1. The number of anilines is 1. The van der Waals surface area contributed by atoms with Crippen LogP contribution in [0.5, 0.6) is 0 Å². The molecule has 2 aliphatic rings. The van der Waals surface area contributed by atoms with E-state index in [1.54, 1.807) is 0 Å². The van der Waals surface area contributed by atoms with Crippen LogP contribution in [0.3, 0.4) is 0 Å². The van der Waals surface area contributed by atoms with Crippen molar-refractivity contribution >= 4 is 35.6 Å². The number of rotatable bonds is 5. The number of nitrogens with one attached hydrogen (secondary N) is 2. The molecule has 2 heterocycles. The number of hydrogen-bond acceptors (Lipinski definition) is 3. The van der Waals surface area contributed by atoms with Crippen molar-refractivity contribution in [1.29, 1.82) is 0 Å². The third-order valence-electron chi connectivity index (χ3n) is 5.80. The van der Waals surface area contributed by atoms with E-state index in [1.165, 1.54) is 16.8 Å². The van der Waals surface area contributed by atoms with Gasteiger partial charge in [-0.2, -0.15) is 0 Å². The van der Waals surface area contributed by atoms with Crippen LogP contribution in [-0.4, -0.2) is 56.7 Å². The molecule has 0 radical (unpaired) electrons. The molecule has 0 spiro atoms. The fourth-order valence-electron chi connectivity index (χ4n) is 4.22. The number of guanidine groups is 1. The minimum absolute atomic E-state index is 0. The molecule has 6 heteroatoms. The number of fused-ring (bicyclic) bond motifs is 1. The van der Waals surface area contributed by atoms with Crippen LogP contribution in [0.25, 0.3) is 0 Å². The molecule has 1 unspecified atom stereocenters. The first-order valence-electron chi connectivity index (χ1n) is 10.4. The minimum Gasteiger partial charge on any atom is -0.369 e. The van der Waals surface area contributed by atoms with Gasteiger partial charge in [-0.3, -0.25) is 9.89 Å². The molecule has 1 fully saturated rings. The van der Waals surface area contributed by atoms with E-state index in [1.807, 2.05) is 7.05 Å². The summed E-state index contributed by atoms with van der Waals surface area (Å²) in [5.74, 6) is 0.914. The van der Waals surface area contributed by atoms with Gasteiger partial charge in [0.05, 0.1) is 0 Å². The molecule has 1 saturated heterocycles. The highest BCUT2D eigenvalue weighted by atomic mass is 127. The van der Waals surface area contributed by atoms with Gasteiger partial charge in [-0.05, 0) is 36.1 Å². The topological polar surface area (TPSA) is 42.9 Å². The minimum atomic E-state index is 0. The smallest absolute Gasteiger partial charge is 0.191 e. The molecule has 4 rings (SSSR count). The summed E-state index contributed by atoms with van der Waals surface area (Å²) >= 11 is 0. The molecule has 156 valence electrons. The first kappa shape index (κ1) is 21.9. The van der Waals surface area contributed by atoms with Gasteiger partial charge in [0.1, 0.15) is 0 Å². The van der Waals surface area contributed by atoms with Crippen LogP contribution in [0.15, 0.2) is 59.6 Å². The van der Waals surface area contributed by atoms with Gasteiger partial charge in [0, 0.05) is 58.0 Å². The second kappa shape index (κ2) is 10.8. The molecule has 5 nitrogen and oxygen atoms in total. The molecule has 0 bridgehead atoms. The van der Waals surface area contributed by atoms with Gasteiger partial charge in [-0.1, -0.05) is 42.5 Å². The Morgan fingerprint density at radius 2 is 1.79 bits per heavy atom. The van der Waals surface area contributed by atoms with Gasteiger partial charge in [-0.15, -0.1) is 24.0 Å². The largest absolute Gasteiger partial charge is 0.369 e. The maximum Gasteiger partial charge on any atom is 0.191 e. The Hall–Kier alpha value is -1.80. The van der Waals surface area contributed by atoms with Gasteiger partial charge >= 0.3 is 0 Å². The quantitative estimate of drug-likeness (QED) is 0.373. The SMILES string of the molecule is CN=C(NCCN1CCc2ccccc2C1)NC1CCN(c2ccccc2)C1.I. The predicted octanol–water partition coefficient (Wildman–Crippen LogP) is 3.11. The molecular formula is C23H32IN5. The van der Waals surface area contributed by atoms with Crippen molar-refractivity contribution in [3.05, 3.63) is 65.7 Å². The maximum absolute atomic E-state index is 4.43. The highest BCUT2D eigenvalue weighted by Crippen LogP contribution is 2.20. The summed E-state index contributed by atoms with van der Waals surface area (Å²) in [5, 5.41) is 7.10. The number of halogens is 1. The van der Waals surface area contributed by atoms with Crippen LogP contribution in [0, 0.1) is 0 Å². The zero-order valence-electron chi connectivity index (χ0n) is 17.2. The standard InChI is InChI=1S/C23H31N5.HI/c1-24-23(26-21-12-15-28(18-21)22-9-3-2-4-10-22)25-13-16-27-14-11-19-7-5-6-8-20(19)17-27;/h2-10,21H,11-18H2,1H3,(H2,24,25,26);1H. The normalized spacial score (nSPS) is 19.4. The number of hydrogen-bond donors (Lipinski definition) is 2. The number of benzene rings is 2. The Labute approximate surface area is 191 Å². The van der Waals surface area contributed by atoms with E-state index < -0.39 is 0 Å².